The fraction of sp³-hybridized carbons (Fsp3) is 0.583. The summed E-state index contributed by atoms with van der Waals surface area (Å²) in [6.45, 7) is 1.95. The van der Waals surface area contributed by atoms with Crippen molar-refractivity contribution >= 4 is 23.2 Å². The van der Waals surface area contributed by atoms with Gasteiger partial charge >= 0.3 is 5.97 Å². The van der Waals surface area contributed by atoms with E-state index in [1.807, 2.05) is 12.3 Å². The molecule has 0 spiro atoms. The van der Waals surface area contributed by atoms with Crippen LogP contribution in [-0.4, -0.2) is 22.0 Å². The molecular weight excluding hydrogens is 252 g/mol. The molecule has 1 atom stereocenters. The molecule has 1 aromatic heterocycles. The van der Waals surface area contributed by atoms with Gasteiger partial charge in [-0.15, -0.1) is 11.3 Å². The van der Waals surface area contributed by atoms with E-state index in [4.69, 9.17) is 0 Å². The Morgan fingerprint density at radius 1 is 1.61 bits per heavy atom. The Morgan fingerprint density at radius 3 is 2.72 bits per heavy atom. The predicted molar refractivity (Wildman–Crippen MR) is 67.2 cm³/mol. The molecule has 1 heterocycles. The van der Waals surface area contributed by atoms with Crippen molar-refractivity contribution in [3.63, 3.8) is 0 Å². The fourth-order valence-electron chi connectivity index (χ4n) is 2.11. The van der Waals surface area contributed by atoms with Crippen molar-refractivity contribution in [2.75, 3.05) is 0 Å². The van der Waals surface area contributed by atoms with Crippen LogP contribution in [0.2, 0.25) is 0 Å². The molecule has 0 saturated heterocycles. The van der Waals surface area contributed by atoms with Gasteiger partial charge in [0.15, 0.2) is 0 Å². The molecule has 1 amide bonds. The van der Waals surface area contributed by atoms with Crippen molar-refractivity contribution in [3.8, 4) is 0 Å². The molecule has 1 unspecified atom stereocenters. The second kappa shape index (κ2) is 5.06. The number of carboxylic acids is 1. The van der Waals surface area contributed by atoms with E-state index in [1.165, 1.54) is 11.3 Å². The summed E-state index contributed by atoms with van der Waals surface area (Å²) < 4.78 is 0. The molecule has 1 saturated carbocycles. The number of nitrogens with one attached hydrogen (secondary N) is 1. The third-order valence-electron chi connectivity index (χ3n) is 3.51. The monoisotopic (exact) mass is 268 g/mol. The van der Waals surface area contributed by atoms with E-state index in [2.05, 4.69) is 10.3 Å². The van der Waals surface area contributed by atoms with Crippen molar-refractivity contribution in [1.29, 1.82) is 0 Å². The van der Waals surface area contributed by atoms with E-state index in [9.17, 15) is 14.7 Å². The summed E-state index contributed by atoms with van der Waals surface area (Å²) in [6.07, 6.45) is 4.05. The lowest BCUT2D eigenvalue weighted by molar-refractivity contribution is -0.162. The SMILES string of the molecule is CCC(NC(=O)C1(C(=O)O)CCC1)c1nccs1. The summed E-state index contributed by atoms with van der Waals surface area (Å²) >= 11 is 1.47. The lowest BCUT2D eigenvalue weighted by Gasteiger charge is -2.36. The summed E-state index contributed by atoms with van der Waals surface area (Å²) in [5.74, 6) is -1.39. The molecule has 1 fully saturated rings. The van der Waals surface area contributed by atoms with E-state index in [-0.39, 0.29) is 11.9 Å². The molecule has 18 heavy (non-hydrogen) atoms. The molecule has 5 nitrogen and oxygen atoms in total. The predicted octanol–water partition coefficient (Wildman–Crippen LogP) is 1.97. The second-order valence-electron chi connectivity index (χ2n) is 4.55. The number of hydrogen-bond acceptors (Lipinski definition) is 4. The normalized spacial score (nSPS) is 18.7. The number of aromatic nitrogens is 1. The molecule has 0 aromatic carbocycles. The van der Waals surface area contributed by atoms with Gasteiger partial charge in [-0.2, -0.15) is 0 Å². The Morgan fingerprint density at radius 2 is 2.33 bits per heavy atom. The van der Waals surface area contributed by atoms with Crippen LogP contribution in [0.25, 0.3) is 0 Å². The zero-order chi connectivity index (χ0) is 13.2. The highest BCUT2D eigenvalue weighted by molar-refractivity contribution is 7.09. The first-order valence-corrected chi connectivity index (χ1v) is 6.92. The highest BCUT2D eigenvalue weighted by Gasteiger charge is 2.51. The largest absolute Gasteiger partial charge is 0.480 e. The Hall–Kier alpha value is -1.43. The van der Waals surface area contributed by atoms with Crippen molar-refractivity contribution in [2.45, 2.75) is 38.6 Å². The number of hydrogen-bond donors (Lipinski definition) is 2. The number of aliphatic carboxylic acids is 1. The van der Waals surface area contributed by atoms with E-state index < -0.39 is 11.4 Å². The zero-order valence-corrected chi connectivity index (χ0v) is 11.0. The number of thiazole rings is 1. The molecule has 1 aliphatic rings. The maximum Gasteiger partial charge on any atom is 0.319 e. The fourth-order valence-corrected chi connectivity index (χ4v) is 2.88. The maximum atomic E-state index is 12.1. The van der Waals surface area contributed by atoms with Gasteiger partial charge < -0.3 is 10.4 Å². The molecule has 2 rings (SSSR count). The second-order valence-corrected chi connectivity index (χ2v) is 5.47. The zero-order valence-electron chi connectivity index (χ0n) is 10.2. The third-order valence-corrected chi connectivity index (χ3v) is 4.40. The first kappa shape index (κ1) is 13.0. The third kappa shape index (κ3) is 2.12. The van der Waals surface area contributed by atoms with Crippen LogP contribution < -0.4 is 5.32 Å². The molecule has 1 aliphatic carbocycles. The minimum atomic E-state index is -1.20. The summed E-state index contributed by atoms with van der Waals surface area (Å²) in [5.41, 5.74) is -1.20. The van der Waals surface area contributed by atoms with Gasteiger partial charge in [-0.25, -0.2) is 4.98 Å². The first-order chi connectivity index (χ1) is 8.60. The van der Waals surface area contributed by atoms with E-state index in [0.717, 1.165) is 11.4 Å². The van der Waals surface area contributed by atoms with Crippen molar-refractivity contribution in [2.24, 2.45) is 5.41 Å². The van der Waals surface area contributed by atoms with Gasteiger partial charge in [0.05, 0.1) is 6.04 Å². The summed E-state index contributed by atoms with van der Waals surface area (Å²) in [7, 11) is 0. The van der Waals surface area contributed by atoms with Crippen LogP contribution in [-0.2, 0) is 9.59 Å². The van der Waals surface area contributed by atoms with Crippen LogP contribution >= 0.6 is 11.3 Å². The Balaban J connectivity index is 2.08. The number of rotatable bonds is 5. The van der Waals surface area contributed by atoms with E-state index in [0.29, 0.717) is 19.3 Å². The highest BCUT2D eigenvalue weighted by atomic mass is 32.1. The maximum absolute atomic E-state index is 12.1. The average molecular weight is 268 g/mol. The van der Waals surface area contributed by atoms with Gasteiger partial charge in [-0.3, -0.25) is 9.59 Å². The van der Waals surface area contributed by atoms with Crippen LogP contribution in [0.3, 0.4) is 0 Å². The summed E-state index contributed by atoms with van der Waals surface area (Å²) in [6, 6.07) is -0.186. The van der Waals surface area contributed by atoms with Gasteiger partial charge in [0.2, 0.25) is 5.91 Å². The van der Waals surface area contributed by atoms with Crippen LogP contribution in [0.1, 0.15) is 43.7 Å². The minimum Gasteiger partial charge on any atom is -0.480 e. The van der Waals surface area contributed by atoms with Gasteiger partial charge in [-0.1, -0.05) is 13.3 Å². The molecule has 98 valence electrons. The first-order valence-electron chi connectivity index (χ1n) is 6.04. The number of amides is 1. The van der Waals surface area contributed by atoms with Crippen molar-refractivity contribution < 1.29 is 14.7 Å². The Kier molecular flexibility index (Phi) is 3.65. The molecular formula is C12H16N2O3S. The summed E-state index contributed by atoms with van der Waals surface area (Å²) in [4.78, 5) is 27.5. The number of carboxylic acid groups (broad SMARTS) is 1. The van der Waals surface area contributed by atoms with Gasteiger partial charge in [0, 0.05) is 11.6 Å². The lowest BCUT2D eigenvalue weighted by Crippen LogP contribution is -2.51. The van der Waals surface area contributed by atoms with E-state index in [1.54, 1.807) is 6.20 Å². The molecule has 1 aromatic rings. The van der Waals surface area contributed by atoms with Gasteiger partial charge in [0.25, 0.3) is 0 Å². The topological polar surface area (TPSA) is 79.3 Å². The van der Waals surface area contributed by atoms with Crippen LogP contribution in [0.15, 0.2) is 11.6 Å². The number of nitrogens with zero attached hydrogens (tertiary/aromatic N) is 1. The molecule has 2 N–H and O–H groups in total. The smallest absolute Gasteiger partial charge is 0.319 e. The average Bonchev–Trinajstić information content (AvgIpc) is 2.76. The standard InChI is InChI=1S/C12H16N2O3S/c1-2-8(9-13-6-7-18-9)14-10(15)12(11(16)17)4-3-5-12/h6-8H,2-5H2,1H3,(H,14,15)(H,16,17). The molecule has 0 bridgehead atoms. The molecule has 0 aliphatic heterocycles. The lowest BCUT2D eigenvalue weighted by atomic mass is 9.68. The molecule has 0 radical (unpaired) electrons. The van der Waals surface area contributed by atoms with E-state index >= 15 is 0 Å². The highest BCUT2D eigenvalue weighted by Crippen LogP contribution is 2.42. The van der Waals surface area contributed by atoms with Crippen LogP contribution in [0.5, 0.6) is 0 Å². The van der Waals surface area contributed by atoms with Gasteiger partial charge in [-0.05, 0) is 19.3 Å². The van der Waals surface area contributed by atoms with Crippen molar-refractivity contribution in [1.82, 2.24) is 10.3 Å². The number of carbonyl (C=O) groups is 2. The summed E-state index contributed by atoms with van der Waals surface area (Å²) in [5, 5.41) is 14.7. The Labute approximate surface area is 109 Å². The minimum absolute atomic E-state index is 0.186. The van der Waals surface area contributed by atoms with Gasteiger partial charge in [0.1, 0.15) is 10.4 Å². The number of carbonyl (C=O) groups excluding carboxylic acids is 1. The molecule has 6 heteroatoms. The van der Waals surface area contributed by atoms with Crippen LogP contribution in [0, 0.1) is 5.41 Å². The quantitative estimate of drug-likeness (QED) is 0.800. The van der Waals surface area contributed by atoms with Crippen LogP contribution in [0.4, 0.5) is 0 Å². The van der Waals surface area contributed by atoms with Crippen molar-refractivity contribution in [3.05, 3.63) is 16.6 Å². The Bertz CT molecular complexity index is 440.